The van der Waals surface area contributed by atoms with Crippen molar-refractivity contribution in [3.63, 3.8) is 0 Å². The van der Waals surface area contributed by atoms with Gasteiger partial charge in [0.05, 0.1) is 33.4 Å². The summed E-state index contributed by atoms with van der Waals surface area (Å²) in [6.07, 6.45) is 3.16. The first-order chi connectivity index (χ1) is 14.6. The Morgan fingerprint density at radius 3 is 2.26 bits per heavy atom. The van der Waals surface area contributed by atoms with Crippen LogP contribution in [0.2, 0.25) is 0 Å². The molecule has 0 atom stereocenters. The van der Waals surface area contributed by atoms with E-state index in [2.05, 4.69) is 25.9 Å². The van der Waals surface area contributed by atoms with Gasteiger partial charge in [0.15, 0.2) is 17.5 Å². The molecule has 0 aliphatic rings. The average molecular weight is 543 g/mol. The lowest BCUT2D eigenvalue weighted by Gasteiger charge is -2.14. The number of carbonyl (C=O) groups excluding carboxylic acids is 1. The topological polar surface area (TPSA) is 106 Å². The lowest BCUT2D eigenvalue weighted by atomic mass is 10.2. The van der Waals surface area contributed by atoms with E-state index in [1.54, 1.807) is 39.7 Å². The smallest absolute Gasteiger partial charge is 0.252 e. The zero-order chi connectivity index (χ0) is 21.8. The molecule has 1 aromatic heterocycles. The van der Waals surface area contributed by atoms with Gasteiger partial charge in [-0.3, -0.25) is 9.78 Å². The van der Waals surface area contributed by atoms with Crippen LogP contribution in [0.15, 0.2) is 41.7 Å². The lowest BCUT2D eigenvalue weighted by Crippen LogP contribution is -2.41. The number of guanidine groups is 1. The van der Waals surface area contributed by atoms with Gasteiger partial charge in [0.25, 0.3) is 5.91 Å². The Morgan fingerprint density at radius 2 is 1.71 bits per heavy atom. The standard InChI is InChI=1S/C21H29N5O4.HI/c1-5-23-21(25-10-9-24-20(27)16-7-6-8-22-14-16)26-13-15-11-17(28-2)19(30-4)18(12-15)29-3;/h6-8,11-12,14H,5,9-10,13H2,1-4H3,(H,24,27)(H2,23,25,26);1H. The third kappa shape index (κ3) is 8.12. The van der Waals surface area contributed by atoms with Crippen molar-refractivity contribution >= 4 is 35.8 Å². The average Bonchev–Trinajstić information content (AvgIpc) is 2.79. The number of nitrogens with one attached hydrogen (secondary N) is 3. The van der Waals surface area contributed by atoms with Crippen LogP contribution in [0, 0.1) is 0 Å². The summed E-state index contributed by atoms with van der Waals surface area (Å²) in [5.74, 6) is 2.18. The third-order valence-corrected chi connectivity index (χ3v) is 4.12. The number of ether oxygens (including phenoxy) is 3. The zero-order valence-corrected chi connectivity index (χ0v) is 20.6. The number of methoxy groups -OCH3 is 3. The molecule has 0 saturated heterocycles. The fourth-order valence-electron chi connectivity index (χ4n) is 2.69. The van der Waals surface area contributed by atoms with E-state index in [1.807, 2.05) is 19.1 Å². The molecule has 1 aromatic carbocycles. The van der Waals surface area contributed by atoms with E-state index in [1.165, 1.54) is 6.20 Å². The Morgan fingerprint density at radius 1 is 1.03 bits per heavy atom. The Labute approximate surface area is 200 Å². The molecule has 2 aromatic rings. The molecule has 1 heterocycles. The van der Waals surface area contributed by atoms with Crippen molar-refractivity contribution in [2.75, 3.05) is 41.0 Å². The van der Waals surface area contributed by atoms with Crippen LogP contribution in [-0.4, -0.2) is 57.8 Å². The first kappa shape index (κ1) is 26.3. The first-order valence-electron chi connectivity index (χ1n) is 9.62. The highest BCUT2D eigenvalue weighted by Gasteiger charge is 2.13. The van der Waals surface area contributed by atoms with Crippen molar-refractivity contribution in [3.05, 3.63) is 47.8 Å². The fraction of sp³-hybridized carbons (Fsp3) is 0.381. The number of aromatic nitrogens is 1. The van der Waals surface area contributed by atoms with E-state index in [-0.39, 0.29) is 29.9 Å². The van der Waals surface area contributed by atoms with Gasteiger partial charge in [-0.15, -0.1) is 24.0 Å². The Balaban J connectivity index is 0.00000480. The fourth-order valence-corrected chi connectivity index (χ4v) is 2.69. The van der Waals surface area contributed by atoms with Crippen LogP contribution in [0.1, 0.15) is 22.8 Å². The van der Waals surface area contributed by atoms with Gasteiger partial charge in [-0.05, 0) is 36.8 Å². The Hall–Kier alpha value is -2.76. The summed E-state index contributed by atoms with van der Waals surface area (Å²) in [5.41, 5.74) is 1.44. The predicted octanol–water partition coefficient (Wildman–Crippen LogP) is 2.21. The van der Waals surface area contributed by atoms with E-state index in [0.29, 0.717) is 55.0 Å². The number of nitrogens with zero attached hydrogens (tertiary/aromatic N) is 2. The van der Waals surface area contributed by atoms with Gasteiger partial charge in [0.2, 0.25) is 5.75 Å². The van der Waals surface area contributed by atoms with E-state index >= 15 is 0 Å². The molecule has 1 amide bonds. The van der Waals surface area contributed by atoms with Crippen LogP contribution < -0.4 is 30.2 Å². The van der Waals surface area contributed by atoms with Crippen molar-refractivity contribution in [3.8, 4) is 17.2 Å². The summed E-state index contributed by atoms with van der Waals surface area (Å²) in [4.78, 5) is 20.6. The van der Waals surface area contributed by atoms with E-state index in [9.17, 15) is 4.79 Å². The van der Waals surface area contributed by atoms with Crippen molar-refractivity contribution in [2.45, 2.75) is 13.5 Å². The van der Waals surface area contributed by atoms with E-state index in [4.69, 9.17) is 14.2 Å². The molecule has 31 heavy (non-hydrogen) atoms. The monoisotopic (exact) mass is 543 g/mol. The number of rotatable bonds is 10. The van der Waals surface area contributed by atoms with Gasteiger partial charge >= 0.3 is 0 Å². The number of hydrogen-bond acceptors (Lipinski definition) is 6. The summed E-state index contributed by atoms with van der Waals surface area (Å²) < 4.78 is 16.1. The number of hydrogen-bond donors (Lipinski definition) is 3. The highest BCUT2D eigenvalue weighted by Crippen LogP contribution is 2.38. The van der Waals surface area contributed by atoms with Crippen LogP contribution in [0.5, 0.6) is 17.2 Å². The molecule has 0 aliphatic heterocycles. The molecule has 0 unspecified atom stereocenters. The number of halogens is 1. The lowest BCUT2D eigenvalue weighted by molar-refractivity contribution is 0.0954. The normalized spacial score (nSPS) is 10.5. The maximum atomic E-state index is 12.0. The Kier molecular flexibility index (Phi) is 12.1. The molecule has 2 rings (SSSR count). The van der Waals surface area contributed by atoms with Gasteiger partial charge in [-0.1, -0.05) is 0 Å². The molecule has 3 N–H and O–H groups in total. The third-order valence-electron chi connectivity index (χ3n) is 4.12. The molecule has 9 nitrogen and oxygen atoms in total. The minimum atomic E-state index is -0.163. The summed E-state index contributed by atoms with van der Waals surface area (Å²) in [5, 5.41) is 9.22. The summed E-state index contributed by atoms with van der Waals surface area (Å²) in [7, 11) is 4.73. The van der Waals surface area contributed by atoms with E-state index in [0.717, 1.165) is 5.56 Å². The first-order valence-corrected chi connectivity index (χ1v) is 9.62. The molecule has 0 aliphatic carbocycles. The molecular formula is C21H30IN5O4. The van der Waals surface area contributed by atoms with Crippen LogP contribution in [0.3, 0.4) is 0 Å². The second-order valence-electron chi connectivity index (χ2n) is 6.15. The SMILES string of the molecule is CCNC(=NCc1cc(OC)c(OC)c(OC)c1)NCCNC(=O)c1cccnc1.I. The quantitative estimate of drug-likeness (QED) is 0.183. The van der Waals surface area contributed by atoms with Gasteiger partial charge in [-0.2, -0.15) is 0 Å². The number of benzene rings is 1. The van der Waals surface area contributed by atoms with Crippen molar-refractivity contribution in [1.82, 2.24) is 20.9 Å². The maximum Gasteiger partial charge on any atom is 0.252 e. The minimum Gasteiger partial charge on any atom is -0.493 e. The molecular weight excluding hydrogens is 513 g/mol. The van der Waals surface area contributed by atoms with E-state index < -0.39 is 0 Å². The predicted molar refractivity (Wildman–Crippen MR) is 131 cm³/mol. The molecule has 0 saturated carbocycles. The molecule has 0 radical (unpaired) electrons. The summed E-state index contributed by atoms with van der Waals surface area (Å²) in [6, 6.07) is 7.18. The van der Waals surface area contributed by atoms with Gasteiger partial charge in [-0.25, -0.2) is 4.99 Å². The van der Waals surface area contributed by atoms with Crippen molar-refractivity contribution < 1.29 is 19.0 Å². The van der Waals surface area contributed by atoms with Gasteiger partial charge in [0, 0.05) is 32.0 Å². The molecule has 0 spiro atoms. The maximum absolute atomic E-state index is 12.0. The van der Waals surface area contributed by atoms with Crippen LogP contribution in [0.4, 0.5) is 0 Å². The molecule has 10 heteroatoms. The van der Waals surface area contributed by atoms with Crippen LogP contribution in [0.25, 0.3) is 0 Å². The largest absolute Gasteiger partial charge is 0.493 e. The minimum absolute atomic E-state index is 0. The van der Waals surface area contributed by atoms with Crippen molar-refractivity contribution in [1.29, 1.82) is 0 Å². The Bertz CT molecular complexity index is 824. The van der Waals surface area contributed by atoms with Crippen LogP contribution in [-0.2, 0) is 6.54 Å². The van der Waals surface area contributed by atoms with Gasteiger partial charge in [0.1, 0.15) is 0 Å². The summed E-state index contributed by atoms with van der Waals surface area (Å²) >= 11 is 0. The highest BCUT2D eigenvalue weighted by molar-refractivity contribution is 14.0. The highest BCUT2D eigenvalue weighted by atomic mass is 127. The second-order valence-corrected chi connectivity index (χ2v) is 6.15. The van der Waals surface area contributed by atoms with Crippen molar-refractivity contribution in [2.24, 2.45) is 4.99 Å². The summed E-state index contributed by atoms with van der Waals surface area (Å²) in [6.45, 7) is 4.08. The number of amides is 1. The zero-order valence-electron chi connectivity index (χ0n) is 18.2. The number of aliphatic imine (C=N–C) groups is 1. The number of pyridine rings is 1. The number of carbonyl (C=O) groups is 1. The molecule has 0 fully saturated rings. The molecule has 170 valence electrons. The van der Waals surface area contributed by atoms with Crippen LogP contribution >= 0.6 is 24.0 Å². The second kappa shape index (κ2) is 14.3. The molecule has 0 bridgehead atoms. The van der Waals surface area contributed by atoms with Gasteiger partial charge < -0.3 is 30.2 Å².